The first-order valence-corrected chi connectivity index (χ1v) is 5.45. The van der Waals surface area contributed by atoms with E-state index in [1.54, 1.807) is 19.1 Å². The number of hydrogen-bond donors (Lipinski definition) is 0. The first-order valence-electron chi connectivity index (χ1n) is 5.08. The van der Waals surface area contributed by atoms with Crippen LogP contribution in [0.5, 0.6) is 0 Å². The molecule has 0 saturated carbocycles. The molecule has 2 aromatic carbocycles. The van der Waals surface area contributed by atoms with Gasteiger partial charge in [-0.05, 0) is 24.4 Å². The Bertz CT molecular complexity index is 534. The highest BCUT2D eigenvalue weighted by Gasteiger charge is 2.09. The second-order valence-corrected chi connectivity index (χ2v) is 3.81. The number of carbonyl (C=O) groups is 1. The standard InChI is InChI=1S/C13H11ClO2/c1-2-16-13(15)10-7-9-5-3-4-6-11(9)12(14)8-10/h3-8H,2H2,1H3. The Hall–Kier alpha value is -1.54. The molecule has 0 N–H and O–H groups in total. The molecule has 0 spiro atoms. The smallest absolute Gasteiger partial charge is 0.338 e. The molecule has 0 bridgehead atoms. The fraction of sp³-hybridized carbons (Fsp3) is 0.154. The van der Waals surface area contributed by atoms with Crippen molar-refractivity contribution in [3.05, 3.63) is 47.0 Å². The van der Waals surface area contributed by atoms with Crippen molar-refractivity contribution in [3.8, 4) is 0 Å². The first-order chi connectivity index (χ1) is 7.72. The van der Waals surface area contributed by atoms with Gasteiger partial charge in [0, 0.05) is 10.4 Å². The molecule has 0 atom stereocenters. The van der Waals surface area contributed by atoms with Crippen LogP contribution >= 0.6 is 11.6 Å². The zero-order chi connectivity index (χ0) is 11.5. The predicted molar refractivity (Wildman–Crippen MR) is 64.9 cm³/mol. The van der Waals surface area contributed by atoms with E-state index in [0.717, 1.165) is 10.8 Å². The largest absolute Gasteiger partial charge is 0.462 e. The molecule has 3 heteroatoms. The molecule has 0 radical (unpaired) electrons. The quantitative estimate of drug-likeness (QED) is 0.741. The molecule has 0 aliphatic carbocycles. The van der Waals surface area contributed by atoms with Gasteiger partial charge in [0.1, 0.15) is 0 Å². The Morgan fingerprint density at radius 2 is 2.06 bits per heavy atom. The summed E-state index contributed by atoms with van der Waals surface area (Å²) in [5, 5.41) is 2.46. The number of halogens is 1. The minimum Gasteiger partial charge on any atom is -0.462 e. The minimum absolute atomic E-state index is 0.338. The normalized spacial score (nSPS) is 10.4. The molecule has 0 unspecified atom stereocenters. The number of rotatable bonds is 2. The van der Waals surface area contributed by atoms with Crippen LogP contribution in [0.1, 0.15) is 17.3 Å². The van der Waals surface area contributed by atoms with Crippen molar-refractivity contribution in [2.75, 3.05) is 6.61 Å². The highest BCUT2D eigenvalue weighted by Crippen LogP contribution is 2.25. The molecule has 16 heavy (non-hydrogen) atoms. The lowest BCUT2D eigenvalue weighted by atomic mass is 10.1. The van der Waals surface area contributed by atoms with Crippen LogP contribution in [-0.4, -0.2) is 12.6 Å². The van der Waals surface area contributed by atoms with Gasteiger partial charge in [0.05, 0.1) is 12.2 Å². The molecule has 0 aromatic heterocycles. The summed E-state index contributed by atoms with van der Waals surface area (Å²) in [7, 11) is 0. The van der Waals surface area contributed by atoms with Crippen molar-refractivity contribution < 1.29 is 9.53 Å². The molecule has 0 amide bonds. The monoisotopic (exact) mass is 234 g/mol. The maximum absolute atomic E-state index is 11.6. The van der Waals surface area contributed by atoms with Crippen LogP contribution in [0.3, 0.4) is 0 Å². The van der Waals surface area contributed by atoms with Crippen molar-refractivity contribution in [1.29, 1.82) is 0 Å². The fourth-order valence-corrected chi connectivity index (χ4v) is 1.89. The van der Waals surface area contributed by atoms with Gasteiger partial charge in [-0.1, -0.05) is 35.9 Å². The summed E-state index contributed by atoms with van der Waals surface area (Å²) in [6.07, 6.45) is 0. The zero-order valence-corrected chi connectivity index (χ0v) is 9.62. The molecule has 0 aliphatic heterocycles. The van der Waals surface area contributed by atoms with Gasteiger partial charge in [-0.3, -0.25) is 0 Å². The van der Waals surface area contributed by atoms with Crippen LogP contribution in [0.15, 0.2) is 36.4 Å². The van der Waals surface area contributed by atoms with Crippen molar-refractivity contribution in [2.24, 2.45) is 0 Å². The molecular weight excluding hydrogens is 224 g/mol. The predicted octanol–water partition coefficient (Wildman–Crippen LogP) is 3.67. The van der Waals surface area contributed by atoms with Gasteiger partial charge in [-0.15, -0.1) is 0 Å². The van der Waals surface area contributed by atoms with E-state index < -0.39 is 0 Å². The molecule has 2 rings (SSSR count). The topological polar surface area (TPSA) is 26.3 Å². The van der Waals surface area contributed by atoms with Gasteiger partial charge >= 0.3 is 5.97 Å². The highest BCUT2D eigenvalue weighted by atomic mass is 35.5. The third-order valence-electron chi connectivity index (χ3n) is 2.32. The summed E-state index contributed by atoms with van der Waals surface area (Å²) in [4.78, 5) is 11.6. The first kappa shape index (κ1) is 11.0. The summed E-state index contributed by atoms with van der Waals surface area (Å²) in [6.45, 7) is 2.14. The zero-order valence-electron chi connectivity index (χ0n) is 8.87. The number of benzene rings is 2. The van der Waals surface area contributed by atoms with Crippen LogP contribution < -0.4 is 0 Å². The Kier molecular flexibility index (Phi) is 3.11. The lowest BCUT2D eigenvalue weighted by molar-refractivity contribution is 0.0526. The van der Waals surface area contributed by atoms with Crippen LogP contribution in [0.2, 0.25) is 5.02 Å². The van der Waals surface area contributed by atoms with Gasteiger partial charge in [0.15, 0.2) is 0 Å². The molecule has 2 nitrogen and oxygen atoms in total. The Labute approximate surface area is 98.8 Å². The van der Waals surface area contributed by atoms with Gasteiger partial charge in [-0.25, -0.2) is 4.79 Å². The Balaban J connectivity index is 2.53. The molecule has 0 aliphatic rings. The third kappa shape index (κ3) is 2.02. The van der Waals surface area contributed by atoms with Gasteiger partial charge < -0.3 is 4.74 Å². The maximum atomic E-state index is 11.6. The van der Waals surface area contributed by atoms with Crippen molar-refractivity contribution in [2.45, 2.75) is 6.92 Å². The number of fused-ring (bicyclic) bond motifs is 1. The van der Waals surface area contributed by atoms with E-state index in [4.69, 9.17) is 16.3 Å². The summed E-state index contributed by atoms with van der Waals surface area (Å²) < 4.78 is 4.93. The number of ether oxygens (including phenoxy) is 1. The average Bonchev–Trinajstić information content (AvgIpc) is 2.29. The number of carbonyl (C=O) groups excluding carboxylic acids is 1. The Morgan fingerprint density at radius 3 is 2.81 bits per heavy atom. The van der Waals surface area contributed by atoms with E-state index in [0.29, 0.717) is 17.2 Å². The average molecular weight is 235 g/mol. The van der Waals surface area contributed by atoms with Crippen LogP contribution in [0, 0.1) is 0 Å². The van der Waals surface area contributed by atoms with Crippen LogP contribution in [0.4, 0.5) is 0 Å². The third-order valence-corrected chi connectivity index (χ3v) is 2.64. The number of hydrogen-bond acceptors (Lipinski definition) is 2. The van der Waals surface area contributed by atoms with E-state index in [1.165, 1.54) is 0 Å². The van der Waals surface area contributed by atoms with E-state index in [9.17, 15) is 4.79 Å². The summed E-state index contributed by atoms with van der Waals surface area (Å²) >= 11 is 6.10. The lowest BCUT2D eigenvalue weighted by Gasteiger charge is -2.05. The lowest BCUT2D eigenvalue weighted by Crippen LogP contribution is -2.04. The fourth-order valence-electron chi connectivity index (χ4n) is 1.60. The molecule has 0 fully saturated rings. The Morgan fingerprint density at radius 1 is 1.31 bits per heavy atom. The van der Waals surface area contributed by atoms with Crippen molar-refractivity contribution in [3.63, 3.8) is 0 Å². The summed E-state index contributed by atoms with van der Waals surface area (Å²) in [5.41, 5.74) is 0.491. The molecule has 82 valence electrons. The van der Waals surface area contributed by atoms with Crippen LogP contribution in [-0.2, 0) is 4.74 Å². The summed E-state index contributed by atoms with van der Waals surface area (Å²) in [6, 6.07) is 11.1. The van der Waals surface area contributed by atoms with Gasteiger partial charge in [0.25, 0.3) is 0 Å². The second-order valence-electron chi connectivity index (χ2n) is 3.40. The van der Waals surface area contributed by atoms with E-state index >= 15 is 0 Å². The number of esters is 1. The van der Waals surface area contributed by atoms with Gasteiger partial charge in [-0.2, -0.15) is 0 Å². The van der Waals surface area contributed by atoms with E-state index in [2.05, 4.69) is 0 Å². The molecular formula is C13H11ClO2. The molecule has 0 saturated heterocycles. The second kappa shape index (κ2) is 4.54. The molecule has 2 aromatic rings. The maximum Gasteiger partial charge on any atom is 0.338 e. The van der Waals surface area contributed by atoms with Crippen molar-refractivity contribution >= 4 is 28.3 Å². The SMILES string of the molecule is CCOC(=O)c1cc(Cl)c2ccccc2c1. The van der Waals surface area contributed by atoms with Crippen LogP contribution in [0.25, 0.3) is 10.8 Å². The van der Waals surface area contributed by atoms with Crippen molar-refractivity contribution in [1.82, 2.24) is 0 Å². The minimum atomic E-state index is -0.338. The van der Waals surface area contributed by atoms with Gasteiger partial charge in [0.2, 0.25) is 0 Å². The van der Waals surface area contributed by atoms with E-state index in [1.807, 2.05) is 24.3 Å². The summed E-state index contributed by atoms with van der Waals surface area (Å²) in [5.74, 6) is -0.338. The highest BCUT2D eigenvalue weighted by molar-refractivity contribution is 6.36. The van der Waals surface area contributed by atoms with E-state index in [-0.39, 0.29) is 5.97 Å². The molecule has 0 heterocycles.